The van der Waals surface area contributed by atoms with Gasteiger partial charge in [0.1, 0.15) is 5.82 Å². The van der Waals surface area contributed by atoms with E-state index in [1.54, 1.807) is 0 Å². The van der Waals surface area contributed by atoms with Gasteiger partial charge in [-0.05, 0) is 30.5 Å². The number of hydrogen-bond donors (Lipinski definition) is 2. The molecule has 2 rings (SSSR count). The molecule has 1 aromatic carbocycles. The summed E-state index contributed by atoms with van der Waals surface area (Å²) < 4.78 is 6.31. The Morgan fingerprint density at radius 2 is 2.00 bits per heavy atom. The Kier molecular flexibility index (Phi) is 7.89. The molecule has 2 aromatic rings. The van der Waals surface area contributed by atoms with Gasteiger partial charge in [0.25, 0.3) is 11.5 Å². The highest BCUT2D eigenvalue weighted by Crippen LogP contribution is 2.26. The lowest BCUT2D eigenvalue weighted by atomic mass is 10.1. The van der Waals surface area contributed by atoms with Gasteiger partial charge in [-0.1, -0.05) is 37.0 Å². The molecule has 0 atom stereocenters. The van der Waals surface area contributed by atoms with Crippen LogP contribution >= 0.6 is 23.2 Å². The monoisotopic (exact) mass is 442 g/mol. The third-order valence-corrected chi connectivity index (χ3v) is 4.72. The van der Waals surface area contributed by atoms with E-state index in [0.717, 1.165) is 0 Å². The second kappa shape index (κ2) is 9.96. The predicted molar refractivity (Wildman–Crippen MR) is 115 cm³/mol. The summed E-state index contributed by atoms with van der Waals surface area (Å²) in [5, 5.41) is 0.519. The van der Waals surface area contributed by atoms with Gasteiger partial charge in [0.2, 0.25) is 0 Å². The van der Waals surface area contributed by atoms with Gasteiger partial charge in [-0.3, -0.25) is 19.1 Å². The van der Waals surface area contributed by atoms with E-state index in [-0.39, 0.29) is 41.1 Å². The molecule has 0 aliphatic carbocycles. The van der Waals surface area contributed by atoms with E-state index in [1.807, 2.05) is 13.8 Å². The maximum atomic E-state index is 13.3. The minimum atomic E-state index is -0.747. The molecule has 0 saturated carbocycles. The number of nitrogens with two attached hydrogens (primary N) is 1. The predicted octanol–water partition coefficient (Wildman–Crippen LogP) is 2.76. The highest BCUT2D eigenvalue weighted by atomic mass is 35.5. The fourth-order valence-corrected chi connectivity index (χ4v) is 3.36. The van der Waals surface area contributed by atoms with Crippen LogP contribution in [0.4, 0.5) is 11.5 Å². The number of H-pyrrole nitrogens is 1. The summed E-state index contributed by atoms with van der Waals surface area (Å²) in [6.45, 7) is 4.61. The summed E-state index contributed by atoms with van der Waals surface area (Å²) in [5.41, 5.74) is 4.87. The van der Waals surface area contributed by atoms with Crippen LogP contribution in [0.2, 0.25) is 10.0 Å². The fourth-order valence-electron chi connectivity index (χ4n) is 2.87. The molecule has 0 aliphatic heterocycles. The van der Waals surface area contributed by atoms with Crippen LogP contribution < -0.4 is 21.9 Å². The summed E-state index contributed by atoms with van der Waals surface area (Å²) in [4.78, 5) is 41.6. The lowest BCUT2D eigenvalue weighted by Crippen LogP contribution is -2.42. The first-order chi connectivity index (χ1) is 13.7. The zero-order chi connectivity index (χ0) is 21.7. The number of ether oxygens (including phenoxy) is 1. The Morgan fingerprint density at radius 1 is 1.31 bits per heavy atom. The van der Waals surface area contributed by atoms with Crippen LogP contribution in [0, 0.1) is 5.92 Å². The summed E-state index contributed by atoms with van der Waals surface area (Å²) >= 11 is 12.1. The highest BCUT2D eigenvalue weighted by molar-refractivity contribution is 6.37. The molecule has 10 heteroatoms. The first-order valence-electron chi connectivity index (χ1n) is 9.05. The van der Waals surface area contributed by atoms with Crippen LogP contribution in [-0.2, 0) is 11.3 Å². The van der Waals surface area contributed by atoms with Gasteiger partial charge in [-0.15, -0.1) is 0 Å². The summed E-state index contributed by atoms with van der Waals surface area (Å²) in [7, 11) is 1.53. The number of halogens is 2. The molecular formula is C19H24Cl2N4O4. The van der Waals surface area contributed by atoms with Gasteiger partial charge in [0.05, 0.1) is 10.6 Å². The molecule has 0 aliphatic rings. The Bertz CT molecular complexity index is 1000. The van der Waals surface area contributed by atoms with Crippen molar-refractivity contribution in [2.24, 2.45) is 5.92 Å². The largest absolute Gasteiger partial charge is 0.385 e. The Hall–Kier alpha value is -2.29. The number of carbonyl (C=O) groups is 1. The SMILES string of the molecule is COCCCN(C(=O)c1ccc(Cl)cc1Cl)c1c(N)n(CC(C)C)c(=O)[nH]c1=O. The van der Waals surface area contributed by atoms with Crippen LogP contribution in [0.5, 0.6) is 0 Å². The van der Waals surface area contributed by atoms with Crippen molar-refractivity contribution in [2.75, 3.05) is 30.9 Å². The van der Waals surface area contributed by atoms with Crippen molar-refractivity contribution >= 4 is 40.6 Å². The first kappa shape index (κ1) is 23.0. The quantitative estimate of drug-likeness (QED) is 0.610. The van der Waals surface area contributed by atoms with E-state index in [1.165, 1.54) is 34.8 Å². The average molecular weight is 443 g/mol. The van der Waals surface area contributed by atoms with Crippen LogP contribution in [0.15, 0.2) is 27.8 Å². The van der Waals surface area contributed by atoms with E-state index >= 15 is 0 Å². The van der Waals surface area contributed by atoms with Gasteiger partial charge in [-0.2, -0.15) is 0 Å². The second-order valence-electron chi connectivity index (χ2n) is 6.92. The number of nitrogens with zero attached hydrogens (tertiary/aromatic N) is 2. The van der Waals surface area contributed by atoms with Gasteiger partial charge in [-0.25, -0.2) is 4.79 Å². The molecule has 0 fully saturated rings. The molecule has 0 radical (unpaired) electrons. The topological polar surface area (TPSA) is 110 Å². The highest BCUT2D eigenvalue weighted by Gasteiger charge is 2.26. The number of methoxy groups -OCH3 is 1. The average Bonchev–Trinajstić information content (AvgIpc) is 2.63. The minimum absolute atomic E-state index is 0.0803. The Morgan fingerprint density at radius 3 is 2.59 bits per heavy atom. The van der Waals surface area contributed by atoms with Crippen molar-refractivity contribution < 1.29 is 9.53 Å². The maximum Gasteiger partial charge on any atom is 0.330 e. The van der Waals surface area contributed by atoms with Gasteiger partial charge >= 0.3 is 5.69 Å². The molecule has 8 nitrogen and oxygen atoms in total. The first-order valence-corrected chi connectivity index (χ1v) is 9.81. The molecule has 1 amide bonds. The van der Waals surface area contributed by atoms with E-state index in [0.29, 0.717) is 18.1 Å². The summed E-state index contributed by atoms with van der Waals surface area (Å²) in [6, 6.07) is 4.45. The normalized spacial score (nSPS) is 11.1. The molecule has 1 aromatic heterocycles. The number of rotatable bonds is 8. The molecule has 1 heterocycles. The molecule has 3 N–H and O–H groups in total. The van der Waals surface area contributed by atoms with E-state index in [2.05, 4.69) is 4.98 Å². The smallest absolute Gasteiger partial charge is 0.330 e. The summed E-state index contributed by atoms with van der Waals surface area (Å²) in [6.07, 6.45) is 0.440. The van der Waals surface area contributed by atoms with Crippen molar-refractivity contribution in [1.29, 1.82) is 0 Å². The van der Waals surface area contributed by atoms with E-state index in [9.17, 15) is 14.4 Å². The number of carbonyl (C=O) groups excluding carboxylic acids is 1. The Labute approximate surface area is 178 Å². The lowest BCUT2D eigenvalue weighted by molar-refractivity contribution is 0.0983. The molecule has 0 spiro atoms. The number of amides is 1. The third-order valence-electron chi connectivity index (χ3n) is 4.17. The van der Waals surface area contributed by atoms with Crippen molar-refractivity contribution in [1.82, 2.24) is 9.55 Å². The van der Waals surface area contributed by atoms with Crippen molar-refractivity contribution in [3.05, 3.63) is 54.6 Å². The van der Waals surface area contributed by atoms with Crippen molar-refractivity contribution in [2.45, 2.75) is 26.8 Å². The maximum absolute atomic E-state index is 13.3. The van der Waals surface area contributed by atoms with Gasteiger partial charge < -0.3 is 15.4 Å². The van der Waals surface area contributed by atoms with Crippen LogP contribution in [0.25, 0.3) is 0 Å². The zero-order valence-electron chi connectivity index (χ0n) is 16.5. The standard InChI is InChI=1S/C19H24Cl2N4O4/c1-11(2)10-25-16(22)15(17(26)23-19(25)28)24(7-4-8-29-3)18(27)13-6-5-12(20)9-14(13)21/h5-6,9,11H,4,7-8,10,22H2,1-3H3,(H,23,26,28). The van der Waals surface area contributed by atoms with Gasteiger partial charge in [0.15, 0.2) is 5.69 Å². The number of aromatic nitrogens is 2. The van der Waals surface area contributed by atoms with Crippen molar-refractivity contribution in [3.8, 4) is 0 Å². The minimum Gasteiger partial charge on any atom is -0.385 e. The molecule has 0 bridgehead atoms. The second-order valence-corrected chi connectivity index (χ2v) is 7.77. The molecule has 158 valence electrons. The van der Waals surface area contributed by atoms with Gasteiger partial charge in [0, 0.05) is 31.8 Å². The van der Waals surface area contributed by atoms with E-state index in [4.69, 9.17) is 33.7 Å². The number of aromatic amines is 1. The van der Waals surface area contributed by atoms with Crippen LogP contribution in [0.3, 0.4) is 0 Å². The number of hydrogen-bond acceptors (Lipinski definition) is 5. The lowest BCUT2D eigenvalue weighted by Gasteiger charge is -2.25. The third kappa shape index (κ3) is 5.41. The molecule has 0 saturated heterocycles. The zero-order valence-corrected chi connectivity index (χ0v) is 18.0. The number of benzene rings is 1. The van der Waals surface area contributed by atoms with Crippen LogP contribution in [-0.4, -0.2) is 35.7 Å². The molecule has 29 heavy (non-hydrogen) atoms. The number of nitrogen functional groups attached to an aromatic ring is 1. The van der Waals surface area contributed by atoms with Crippen LogP contribution in [0.1, 0.15) is 30.6 Å². The number of anilines is 2. The number of nitrogens with one attached hydrogen (secondary N) is 1. The van der Waals surface area contributed by atoms with E-state index < -0.39 is 17.2 Å². The molecule has 0 unspecified atom stereocenters. The molecular weight excluding hydrogens is 419 g/mol. The fraction of sp³-hybridized carbons (Fsp3) is 0.421. The Balaban J connectivity index is 2.62. The summed E-state index contributed by atoms with van der Waals surface area (Å²) in [5.74, 6) is -0.518. The van der Waals surface area contributed by atoms with Crippen molar-refractivity contribution in [3.63, 3.8) is 0 Å².